The average Bonchev–Trinajstić information content (AvgIpc) is 2.62. The third-order valence-electron chi connectivity index (χ3n) is 4.28. The monoisotopic (exact) mass is 342 g/mol. The van der Waals surface area contributed by atoms with Crippen LogP contribution in [0.15, 0.2) is 48.5 Å². The molecule has 1 amide bonds. The lowest BCUT2D eigenvalue weighted by molar-refractivity contribution is -0.120. The first-order valence-electron chi connectivity index (χ1n) is 8.58. The molecule has 1 fully saturated rings. The summed E-state index contributed by atoms with van der Waals surface area (Å²) in [5, 5.41) is 2.88. The molecule has 0 bridgehead atoms. The van der Waals surface area contributed by atoms with Crippen LogP contribution in [-0.2, 0) is 29.0 Å². The summed E-state index contributed by atoms with van der Waals surface area (Å²) in [6.45, 7) is 4.95. The van der Waals surface area contributed by atoms with E-state index < -0.39 is 0 Å². The minimum atomic E-state index is -0.318. The van der Waals surface area contributed by atoms with E-state index in [1.165, 1.54) is 17.7 Å². The van der Waals surface area contributed by atoms with E-state index in [2.05, 4.69) is 22.3 Å². The van der Waals surface area contributed by atoms with Gasteiger partial charge in [0, 0.05) is 26.2 Å². The van der Waals surface area contributed by atoms with E-state index in [0.717, 1.165) is 38.4 Å². The van der Waals surface area contributed by atoms with Gasteiger partial charge in [-0.2, -0.15) is 0 Å². The summed E-state index contributed by atoms with van der Waals surface area (Å²) < 4.78 is 18.5. The van der Waals surface area contributed by atoms with E-state index in [9.17, 15) is 9.18 Å². The van der Waals surface area contributed by atoms with E-state index in [0.29, 0.717) is 12.1 Å². The maximum atomic E-state index is 13.1. The molecular formula is C20H23FN2O2. The summed E-state index contributed by atoms with van der Waals surface area (Å²) in [6, 6.07) is 14.4. The molecule has 1 aliphatic heterocycles. The summed E-state index contributed by atoms with van der Waals surface area (Å²) in [4.78, 5) is 14.3. The molecule has 2 aromatic rings. The molecule has 2 aromatic carbocycles. The molecular weight excluding hydrogens is 319 g/mol. The van der Waals surface area contributed by atoms with Crippen LogP contribution in [0.5, 0.6) is 0 Å². The zero-order chi connectivity index (χ0) is 17.5. The van der Waals surface area contributed by atoms with E-state index in [1.54, 1.807) is 12.1 Å². The Labute approximate surface area is 147 Å². The second kappa shape index (κ2) is 8.74. The highest BCUT2D eigenvalue weighted by atomic mass is 19.1. The maximum Gasteiger partial charge on any atom is 0.224 e. The number of benzene rings is 2. The Balaban J connectivity index is 1.45. The highest BCUT2D eigenvalue weighted by Gasteiger charge is 2.10. The average molecular weight is 342 g/mol. The van der Waals surface area contributed by atoms with Gasteiger partial charge in [0.05, 0.1) is 19.6 Å². The van der Waals surface area contributed by atoms with Gasteiger partial charge < -0.3 is 10.1 Å². The van der Waals surface area contributed by atoms with Gasteiger partial charge >= 0.3 is 0 Å². The predicted octanol–water partition coefficient (Wildman–Crippen LogP) is 2.52. The molecule has 0 radical (unpaired) electrons. The molecule has 1 heterocycles. The molecule has 1 saturated heterocycles. The molecule has 0 saturated carbocycles. The van der Waals surface area contributed by atoms with Crippen LogP contribution >= 0.6 is 0 Å². The van der Waals surface area contributed by atoms with Gasteiger partial charge in [-0.05, 0) is 28.8 Å². The summed E-state index contributed by atoms with van der Waals surface area (Å²) in [5.41, 5.74) is 2.99. The van der Waals surface area contributed by atoms with E-state index in [4.69, 9.17) is 4.74 Å². The van der Waals surface area contributed by atoms with Gasteiger partial charge in [0.25, 0.3) is 0 Å². The number of amides is 1. The molecule has 4 nitrogen and oxygen atoms in total. The van der Waals surface area contributed by atoms with Gasteiger partial charge in [-0.3, -0.25) is 9.69 Å². The first-order valence-corrected chi connectivity index (χ1v) is 8.58. The lowest BCUT2D eigenvalue weighted by atomic mass is 10.1. The van der Waals surface area contributed by atoms with Crippen molar-refractivity contribution in [3.05, 3.63) is 71.0 Å². The molecule has 0 aliphatic carbocycles. The normalized spacial score (nSPS) is 15.1. The Bertz CT molecular complexity index is 697. The third kappa shape index (κ3) is 5.66. The molecule has 1 aliphatic rings. The molecule has 0 aromatic heterocycles. The number of hydrogen-bond acceptors (Lipinski definition) is 3. The van der Waals surface area contributed by atoms with Crippen molar-refractivity contribution in [3.63, 3.8) is 0 Å². The van der Waals surface area contributed by atoms with Crippen LogP contribution in [0.25, 0.3) is 0 Å². The Morgan fingerprint density at radius 2 is 1.76 bits per heavy atom. The number of nitrogens with zero attached hydrogens (tertiary/aromatic N) is 1. The van der Waals surface area contributed by atoms with Gasteiger partial charge in [-0.25, -0.2) is 4.39 Å². The van der Waals surface area contributed by atoms with Crippen molar-refractivity contribution >= 4 is 5.91 Å². The second-order valence-corrected chi connectivity index (χ2v) is 6.29. The first kappa shape index (κ1) is 17.6. The number of morpholine rings is 1. The molecule has 1 N–H and O–H groups in total. The Hall–Kier alpha value is -2.24. The molecule has 132 valence electrons. The zero-order valence-corrected chi connectivity index (χ0v) is 14.2. The van der Waals surface area contributed by atoms with Crippen molar-refractivity contribution in [2.75, 3.05) is 26.3 Å². The zero-order valence-electron chi connectivity index (χ0n) is 14.2. The maximum absolute atomic E-state index is 13.1. The van der Waals surface area contributed by atoms with Crippen molar-refractivity contribution in [2.24, 2.45) is 0 Å². The Kier molecular flexibility index (Phi) is 6.14. The van der Waals surface area contributed by atoms with Crippen LogP contribution in [0, 0.1) is 5.82 Å². The molecule has 5 heteroatoms. The molecule has 0 unspecified atom stereocenters. The minimum absolute atomic E-state index is 0.108. The number of hydrogen-bond donors (Lipinski definition) is 1. The number of nitrogens with one attached hydrogen (secondary N) is 1. The number of halogens is 1. The fourth-order valence-corrected chi connectivity index (χ4v) is 2.88. The molecule has 0 atom stereocenters. The van der Waals surface area contributed by atoms with E-state index >= 15 is 0 Å². The molecule has 3 rings (SSSR count). The van der Waals surface area contributed by atoms with Crippen LogP contribution in [-0.4, -0.2) is 37.1 Å². The van der Waals surface area contributed by atoms with Gasteiger partial charge in [0.1, 0.15) is 5.82 Å². The Morgan fingerprint density at radius 1 is 1.04 bits per heavy atom. The van der Waals surface area contributed by atoms with Crippen molar-refractivity contribution in [1.29, 1.82) is 0 Å². The highest BCUT2D eigenvalue weighted by Crippen LogP contribution is 2.09. The SMILES string of the molecule is O=C(Cc1cccc(F)c1)NCc1ccc(CN2CCOCC2)cc1. The largest absolute Gasteiger partial charge is 0.379 e. The van der Waals surface area contributed by atoms with Crippen LogP contribution < -0.4 is 5.32 Å². The lowest BCUT2D eigenvalue weighted by Crippen LogP contribution is -2.35. The van der Waals surface area contributed by atoms with Crippen LogP contribution in [0.2, 0.25) is 0 Å². The van der Waals surface area contributed by atoms with Crippen LogP contribution in [0.3, 0.4) is 0 Å². The summed E-state index contributed by atoms with van der Waals surface area (Å²) in [7, 11) is 0. The predicted molar refractivity (Wildman–Crippen MR) is 94.5 cm³/mol. The Morgan fingerprint density at radius 3 is 2.48 bits per heavy atom. The quantitative estimate of drug-likeness (QED) is 0.877. The molecule has 25 heavy (non-hydrogen) atoms. The van der Waals surface area contributed by atoms with Gasteiger partial charge in [-0.15, -0.1) is 0 Å². The fraction of sp³-hybridized carbons (Fsp3) is 0.350. The number of carbonyl (C=O) groups is 1. The first-order chi connectivity index (χ1) is 12.2. The number of carbonyl (C=O) groups excluding carboxylic acids is 1. The van der Waals surface area contributed by atoms with Crippen molar-refractivity contribution in [2.45, 2.75) is 19.5 Å². The van der Waals surface area contributed by atoms with Crippen molar-refractivity contribution < 1.29 is 13.9 Å². The smallest absolute Gasteiger partial charge is 0.224 e. The third-order valence-corrected chi connectivity index (χ3v) is 4.28. The topological polar surface area (TPSA) is 41.6 Å². The van der Waals surface area contributed by atoms with Crippen LogP contribution in [0.1, 0.15) is 16.7 Å². The van der Waals surface area contributed by atoms with E-state index in [1.807, 2.05) is 12.1 Å². The van der Waals surface area contributed by atoms with Crippen LogP contribution in [0.4, 0.5) is 4.39 Å². The minimum Gasteiger partial charge on any atom is -0.379 e. The van der Waals surface area contributed by atoms with Gasteiger partial charge in [0.15, 0.2) is 0 Å². The fourth-order valence-electron chi connectivity index (χ4n) is 2.88. The standard InChI is InChI=1S/C20H23FN2O2/c21-19-3-1-2-18(12-19)13-20(24)22-14-16-4-6-17(7-5-16)15-23-8-10-25-11-9-23/h1-7,12H,8-11,13-15H2,(H,22,24). The summed E-state index contributed by atoms with van der Waals surface area (Å²) >= 11 is 0. The van der Waals surface area contributed by atoms with E-state index in [-0.39, 0.29) is 18.1 Å². The van der Waals surface area contributed by atoms with Gasteiger partial charge in [-0.1, -0.05) is 36.4 Å². The summed E-state index contributed by atoms with van der Waals surface area (Å²) in [5.74, 6) is -0.427. The molecule has 0 spiro atoms. The highest BCUT2D eigenvalue weighted by molar-refractivity contribution is 5.78. The van der Waals surface area contributed by atoms with Crippen molar-refractivity contribution in [3.8, 4) is 0 Å². The van der Waals surface area contributed by atoms with Gasteiger partial charge in [0.2, 0.25) is 5.91 Å². The summed E-state index contributed by atoms with van der Waals surface area (Å²) in [6.07, 6.45) is 0.187. The van der Waals surface area contributed by atoms with Crippen molar-refractivity contribution in [1.82, 2.24) is 10.2 Å². The lowest BCUT2D eigenvalue weighted by Gasteiger charge is -2.26. The second-order valence-electron chi connectivity index (χ2n) is 6.29. The number of ether oxygens (including phenoxy) is 1. The number of rotatable bonds is 6.